The van der Waals surface area contributed by atoms with Crippen LogP contribution in [0.1, 0.15) is 21.6 Å². The van der Waals surface area contributed by atoms with E-state index in [1.807, 2.05) is 36.4 Å². The number of amides is 1. The van der Waals surface area contributed by atoms with Gasteiger partial charge in [-0.25, -0.2) is 14.2 Å². The third kappa shape index (κ3) is 6.36. The van der Waals surface area contributed by atoms with E-state index >= 15 is 0 Å². The molecule has 1 aromatic heterocycles. The van der Waals surface area contributed by atoms with Gasteiger partial charge in [-0.15, -0.1) is 11.3 Å². The lowest BCUT2D eigenvalue weighted by atomic mass is 10.2. The van der Waals surface area contributed by atoms with Gasteiger partial charge in [-0.2, -0.15) is 0 Å². The molecule has 1 aliphatic heterocycles. The highest BCUT2D eigenvalue weighted by atomic mass is 32.1. The number of esters is 1. The second kappa shape index (κ2) is 11.0. The van der Waals surface area contributed by atoms with E-state index in [2.05, 4.69) is 15.2 Å². The largest absolute Gasteiger partial charge is 0.451 e. The van der Waals surface area contributed by atoms with Gasteiger partial charge in [0, 0.05) is 50.2 Å². The Bertz CT molecular complexity index is 1080. The molecule has 9 heteroatoms. The average Bonchev–Trinajstić information content (AvgIpc) is 3.33. The zero-order valence-electron chi connectivity index (χ0n) is 18.1. The van der Waals surface area contributed by atoms with Crippen LogP contribution in [0.4, 0.5) is 9.52 Å². The van der Waals surface area contributed by atoms with E-state index in [-0.39, 0.29) is 24.0 Å². The molecular weight excluding hydrogens is 443 g/mol. The van der Waals surface area contributed by atoms with Crippen molar-refractivity contribution in [1.82, 2.24) is 14.8 Å². The summed E-state index contributed by atoms with van der Waals surface area (Å²) >= 11 is 1.31. The summed E-state index contributed by atoms with van der Waals surface area (Å²) in [6.45, 7) is 3.08. The van der Waals surface area contributed by atoms with Crippen LogP contribution in [0.5, 0.6) is 0 Å². The fourth-order valence-electron chi connectivity index (χ4n) is 3.54. The summed E-state index contributed by atoms with van der Waals surface area (Å²) in [5.74, 6) is -1.08. The van der Waals surface area contributed by atoms with Crippen LogP contribution in [0, 0.1) is 5.82 Å². The first kappa shape index (κ1) is 22.9. The summed E-state index contributed by atoms with van der Waals surface area (Å²) < 4.78 is 19.0. The first-order valence-corrected chi connectivity index (χ1v) is 11.6. The van der Waals surface area contributed by atoms with Crippen molar-refractivity contribution >= 4 is 28.3 Å². The van der Waals surface area contributed by atoms with Gasteiger partial charge in [-0.1, -0.05) is 48.5 Å². The van der Waals surface area contributed by atoms with E-state index in [0.717, 1.165) is 5.56 Å². The molecule has 172 valence electrons. The van der Waals surface area contributed by atoms with Crippen molar-refractivity contribution in [3.05, 3.63) is 82.6 Å². The molecule has 0 saturated carbocycles. The highest BCUT2D eigenvalue weighted by Crippen LogP contribution is 2.17. The van der Waals surface area contributed by atoms with Gasteiger partial charge in [0.15, 0.2) is 17.4 Å². The van der Waals surface area contributed by atoms with E-state index in [1.54, 1.807) is 22.4 Å². The number of carbonyl (C=O) groups excluding carboxylic acids is 2. The number of aromatic nitrogens is 1. The van der Waals surface area contributed by atoms with Gasteiger partial charge < -0.3 is 15.0 Å². The Morgan fingerprint density at radius 1 is 1.03 bits per heavy atom. The minimum Gasteiger partial charge on any atom is -0.451 e. The number of rotatable bonds is 8. The lowest BCUT2D eigenvalue weighted by molar-refractivity contribution is -0.136. The third-order valence-electron chi connectivity index (χ3n) is 5.40. The number of thiazole rings is 1. The molecule has 2 heterocycles. The number of nitrogens with one attached hydrogen (secondary N) is 1. The monoisotopic (exact) mass is 468 g/mol. The molecule has 33 heavy (non-hydrogen) atoms. The second-order valence-electron chi connectivity index (χ2n) is 7.70. The van der Waals surface area contributed by atoms with Crippen LogP contribution in [-0.2, 0) is 22.6 Å². The van der Waals surface area contributed by atoms with Crippen LogP contribution in [0.15, 0.2) is 60.0 Å². The van der Waals surface area contributed by atoms with Crippen LogP contribution in [0.2, 0.25) is 0 Å². The average molecular weight is 469 g/mol. The molecule has 0 atom stereocenters. The number of carbonyl (C=O) groups is 2. The van der Waals surface area contributed by atoms with Crippen molar-refractivity contribution in [1.29, 1.82) is 0 Å². The van der Waals surface area contributed by atoms with Gasteiger partial charge in [-0.3, -0.25) is 9.69 Å². The van der Waals surface area contributed by atoms with Gasteiger partial charge >= 0.3 is 5.97 Å². The van der Waals surface area contributed by atoms with E-state index in [1.165, 1.54) is 17.4 Å². The molecule has 0 bridgehead atoms. The molecule has 2 aromatic carbocycles. The van der Waals surface area contributed by atoms with Gasteiger partial charge in [0.05, 0.1) is 0 Å². The quantitative estimate of drug-likeness (QED) is 0.511. The third-order valence-corrected chi connectivity index (χ3v) is 6.20. The minimum atomic E-state index is -0.620. The molecule has 3 aromatic rings. The molecule has 1 N–H and O–H groups in total. The minimum absolute atomic E-state index is 0.179. The summed E-state index contributed by atoms with van der Waals surface area (Å²) in [6, 6.07) is 16.6. The molecule has 1 saturated heterocycles. The van der Waals surface area contributed by atoms with Crippen molar-refractivity contribution in [3.8, 4) is 0 Å². The van der Waals surface area contributed by atoms with Crippen LogP contribution < -0.4 is 5.32 Å². The Morgan fingerprint density at radius 3 is 2.52 bits per heavy atom. The van der Waals surface area contributed by atoms with Crippen LogP contribution in [-0.4, -0.2) is 59.4 Å². The molecule has 0 aliphatic carbocycles. The summed E-state index contributed by atoms with van der Waals surface area (Å²) in [5, 5.41) is 5.40. The molecule has 4 rings (SSSR count). The maximum atomic E-state index is 13.8. The zero-order valence-corrected chi connectivity index (χ0v) is 18.9. The number of piperazine rings is 1. The second-order valence-corrected chi connectivity index (χ2v) is 8.56. The molecular formula is C24H25FN4O3S. The summed E-state index contributed by atoms with van der Waals surface area (Å²) in [4.78, 5) is 32.8. The number of hydrogen-bond donors (Lipinski definition) is 1. The lowest BCUT2D eigenvalue weighted by Gasteiger charge is -2.34. The van der Waals surface area contributed by atoms with Crippen molar-refractivity contribution < 1.29 is 18.7 Å². The van der Waals surface area contributed by atoms with Crippen molar-refractivity contribution in [2.75, 3.05) is 38.1 Å². The molecule has 7 nitrogen and oxygen atoms in total. The number of ether oxygens (including phenoxy) is 1. The lowest BCUT2D eigenvalue weighted by Crippen LogP contribution is -2.49. The molecule has 0 radical (unpaired) electrons. The zero-order chi connectivity index (χ0) is 23.0. The Morgan fingerprint density at radius 2 is 1.76 bits per heavy atom. The van der Waals surface area contributed by atoms with Crippen LogP contribution >= 0.6 is 11.3 Å². The molecule has 1 fully saturated rings. The molecule has 1 amide bonds. The fraction of sp³-hybridized carbons (Fsp3) is 0.292. The predicted octanol–water partition coefficient (Wildman–Crippen LogP) is 3.40. The number of benzene rings is 2. The van der Waals surface area contributed by atoms with Gasteiger partial charge in [0.1, 0.15) is 5.82 Å². The summed E-state index contributed by atoms with van der Waals surface area (Å²) in [7, 11) is 0. The number of hydrogen-bond acceptors (Lipinski definition) is 7. The van der Waals surface area contributed by atoms with Gasteiger partial charge in [0.25, 0.3) is 5.91 Å². The first-order chi connectivity index (χ1) is 16.1. The van der Waals surface area contributed by atoms with Crippen LogP contribution in [0.3, 0.4) is 0 Å². The Hall–Kier alpha value is -3.30. The topological polar surface area (TPSA) is 74.8 Å². The number of anilines is 1. The van der Waals surface area contributed by atoms with E-state index in [9.17, 15) is 14.0 Å². The summed E-state index contributed by atoms with van der Waals surface area (Å²) in [6.07, 6.45) is 0. The Labute approximate surface area is 195 Å². The van der Waals surface area contributed by atoms with E-state index < -0.39 is 5.97 Å². The predicted molar refractivity (Wildman–Crippen MR) is 124 cm³/mol. The van der Waals surface area contributed by atoms with E-state index in [4.69, 9.17) is 4.74 Å². The van der Waals surface area contributed by atoms with Gasteiger partial charge in [-0.05, 0) is 11.6 Å². The highest BCUT2D eigenvalue weighted by Gasteiger charge is 2.23. The molecule has 0 unspecified atom stereocenters. The smallest absolute Gasteiger partial charge is 0.358 e. The Balaban J connectivity index is 1.19. The maximum Gasteiger partial charge on any atom is 0.358 e. The fourth-order valence-corrected chi connectivity index (χ4v) is 4.22. The Kier molecular flexibility index (Phi) is 7.64. The summed E-state index contributed by atoms with van der Waals surface area (Å²) in [5.41, 5.74) is 1.93. The van der Waals surface area contributed by atoms with Crippen molar-refractivity contribution in [3.63, 3.8) is 0 Å². The molecule has 0 spiro atoms. The van der Waals surface area contributed by atoms with Crippen molar-refractivity contribution in [2.24, 2.45) is 0 Å². The number of nitrogens with zero attached hydrogens (tertiary/aromatic N) is 3. The standard InChI is InChI=1S/C24H25FN4O3S/c25-20-9-5-4-8-19(20)15-28-10-12-29(13-11-28)22(30)16-32-23(31)21-17-33-24(27-21)26-14-18-6-2-1-3-7-18/h1-9,17H,10-16H2,(H,26,27). The SMILES string of the molecule is O=C(OCC(=O)N1CCN(Cc2ccccc2F)CC1)c1csc(NCc2ccccc2)n1. The van der Waals surface area contributed by atoms with Gasteiger partial charge in [0.2, 0.25) is 0 Å². The maximum absolute atomic E-state index is 13.8. The normalized spacial score (nSPS) is 14.2. The van der Waals surface area contributed by atoms with E-state index in [0.29, 0.717) is 50.0 Å². The van der Waals surface area contributed by atoms with Crippen LogP contribution in [0.25, 0.3) is 0 Å². The molecule has 1 aliphatic rings. The number of halogens is 1. The highest BCUT2D eigenvalue weighted by molar-refractivity contribution is 7.13. The van der Waals surface area contributed by atoms with Crippen molar-refractivity contribution in [2.45, 2.75) is 13.1 Å². The first-order valence-electron chi connectivity index (χ1n) is 10.7.